The third-order valence-electron chi connectivity index (χ3n) is 1.88. The van der Waals surface area contributed by atoms with Gasteiger partial charge in [-0.05, 0) is 37.5 Å². The Bertz CT molecular complexity index is 204. The van der Waals surface area contributed by atoms with E-state index in [-0.39, 0.29) is 57.0 Å². The van der Waals surface area contributed by atoms with Crippen molar-refractivity contribution >= 4 is 23.1 Å². The first-order valence-electron chi connectivity index (χ1n) is 3.24. The monoisotopic (exact) mass is 302 g/mol. The molecule has 0 radical (unpaired) electrons. The Hall–Kier alpha value is 0.946. The predicted octanol–water partition coefficient (Wildman–Crippen LogP) is -3.76. The van der Waals surface area contributed by atoms with E-state index in [0.29, 0.717) is 0 Å². The van der Waals surface area contributed by atoms with E-state index in [2.05, 4.69) is 39.0 Å². The van der Waals surface area contributed by atoms with E-state index >= 15 is 0 Å². The van der Waals surface area contributed by atoms with Crippen LogP contribution in [-0.2, 0) is 0 Å². The second kappa shape index (κ2) is 8.54. The second-order valence-electron chi connectivity index (χ2n) is 2.52. The van der Waals surface area contributed by atoms with Gasteiger partial charge in [-0.15, -0.1) is 0 Å². The molecule has 0 unspecified atom stereocenters. The Morgan fingerprint density at radius 3 is 1.42 bits per heavy atom. The number of aryl methyl sites for hydroxylation is 2. The molecule has 0 saturated heterocycles. The zero-order valence-electron chi connectivity index (χ0n) is 7.70. The van der Waals surface area contributed by atoms with Crippen LogP contribution in [0.1, 0.15) is 16.7 Å². The molecule has 0 heterocycles. The molecule has 0 fully saturated rings. The summed E-state index contributed by atoms with van der Waals surface area (Å²) in [7, 11) is 0. The molecule has 0 bridgehead atoms. The minimum absolute atomic E-state index is 0. The van der Waals surface area contributed by atoms with Crippen LogP contribution < -0.4 is 34.0 Å². The topological polar surface area (TPSA) is 0 Å². The van der Waals surface area contributed by atoms with Gasteiger partial charge in [0.15, 0.2) is 0 Å². The average Bonchev–Trinajstić information content (AvgIpc) is 1.83. The van der Waals surface area contributed by atoms with Crippen molar-refractivity contribution in [1.29, 1.82) is 0 Å². The first-order chi connectivity index (χ1) is 4.22. The van der Waals surface area contributed by atoms with E-state index in [1.807, 2.05) is 0 Å². The average molecular weight is 304 g/mol. The summed E-state index contributed by atoms with van der Waals surface area (Å²) in [5.74, 6) is 0. The molecule has 0 aliphatic carbocycles. The van der Waals surface area contributed by atoms with Crippen LogP contribution in [0.25, 0.3) is 0 Å². The molecule has 12 heavy (non-hydrogen) atoms. The van der Waals surface area contributed by atoms with Gasteiger partial charge in [-0.1, -0.05) is 18.2 Å². The quantitative estimate of drug-likeness (QED) is 0.432. The van der Waals surface area contributed by atoms with Crippen LogP contribution in [0.15, 0.2) is 18.2 Å². The Balaban J connectivity index is -0.000000270. The van der Waals surface area contributed by atoms with Gasteiger partial charge in [0.2, 0.25) is 0 Å². The van der Waals surface area contributed by atoms with Gasteiger partial charge in [0.25, 0.3) is 0 Å². The minimum atomic E-state index is 0. The molecule has 3 heteroatoms. The minimum Gasteiger partial charge on any atom is -1.00 e. The van der Waals surface area contributed by atoms with Crippen molar-refractivity contribution in [2.75, 3.05) is 0 Å². The number of hydrogen-bond donors (Lipinski definition) is 0. The number of halogens is 2. The molecule has 0 saturated carbocycles. The fraction of sp³-hybridized carbons (Fsp3) is 0.333. The van der Waals surface area contributed by atoms with Gasteiger partial charge in [-0.25, -0.2) is 0 Å². The van der Waals surface area contributed by atoms with Gasteiger partial charge in [0, 0.05) is 0 Å². The molecule has 0 aliphatic heterocycles. The zero-order chi connectivity index (χ0) is 6.85. The molecule has 1 rings (SSSR count). The molecule has 0 aliphatic rings. The summed E-state index contributed by atoms with van der Waals surface area (Å²) in [5, 5.41) is 0. The van der Waals surface area contributed by atoms with Crippen molar-refractivity contribution in [2.24, 2.45) is 0 Å². The van der Waals surface area contributed by atoms with Crippen molar-refractivity contribution in [3.63, 3.8) is 0 Å². The Kier molecular flexibility index (Phi) is 13.3. The normalized spacial score (nSPS) is 7.25. The molecular weight excluding hydrogens is 292 g/mol. The third kappa shape index (κ3) is 4.85. The van der Waals surface area contributed by atoms with Crippen molar-refractivity contribution in [2.45, 2.75) is 20.8 Å². The molecule has 0 atom stereocenters. The maximum Gasteiger partial charge on any atom is 2.00 e. The summed E-state index contributed by atoms with van der Waals surface area (Å²) < 4.78 is 0. The summed E-state index contributed by atoms with van der Waals surface area (Å²) >= 11 is 0. The first kappa shape index (κ1) is 18.7. The fourth-order valence-corrected chi connectivity index (χ4v) is 0.898. The molecular formula is C9H12Br2Mg. The van der Waals surface area contributed by atoms with E-state index in [0.717, 1.165) is 0 Å². The third-order valence-corrected chi connectivity index (χ3v) is 1.88. The van der Waals surface area contributed by atoms with Gasteiger partial charge in [0.05, 0.1) is 0 Å². The Labute approximate surface area is 112 Å². The van der Waals surface area contributed by atoms with E-state index in [4.69, 9.17) is 0 Å². The molecule has 64 valence electrons. The van der Waals surface area contributed by atoms with Gasteiger partial charge < -0.3 is 34.0 Å². The number of hydrogen-bond acceptors (Lipinski definition) is 0. The van der Waals surface area contributed by atoms with E-state index in [1.165, 1.54) is 16.7 Å². The SMILES string of the molecule is Cc1cccc(C)c1C.[Br-].[Br-].[Mg+2]. The van der Waals surface area contributed by atoms with Crippen LogP contribution >= 0.6 is 0 Å². The van der Waals surface area contributed by atoms with Gasteiger partial charge in [-0.2, -0.15) is 0 Å². The zero-order valence-corrected chi connectivity index (χ0v) is 12.3. The van der Waals surface area contributed by atoms with Gasteiger partial charge in [0.1, 0.15) is 0 Å². The van der Waals surface area contributed by atoms with Gasteiger partial charge >= 0.3 is 23.1 Å². The molecule has 0 amide bonds. The van der Waals surface area contributed by atoms with Crippen LogP contribution in [0.2, 0.25) is 0 Å². The summed E-state index contributed by atoms with van der Waals surface area (Å²) in [5.41, 5.74) is 4.18. The molecule has 1 aromatic rings. The number of rotatable bonds is 0. The van der Waals surface area contributed by atoms with Crippen molar-refractivity contribution in [1.82, 2.24) is 0 Å². The standard InChI is InChI=1S/C9H12.2BrH.Mg/c1-7-5-4-6-8(2)9(7)3;;;/h4-6H,1-3H3;2*1H;/q;;;+2/p-2. The van der Waals surface area contributed by atoms with Crippen molar-refractivity contribution in [3.8, 4) is 0 Å². The summed E-state index contributed by atoms with van der Waals surface area (Å²) in [6.07, 6.45) is 0. The van der Waals surface area contributed by atoms with Crippen LogP contribution in [0.5, 0.6) is 0 Å². The van der Waals surface area contributed by atoms with Gasteiger partial charge in [-0.3, -0.25) is 0 Å². The predicted molar refractivity (Wildman–Crippen MR) is 46.4 cm³/mol. The molecule has 0 N–H and O–H groups in total. The van der Waals surface area contributed by atoms with Crippen molar-refractivity contribution in [3.05, 3.63) is 34.9 Å². The summed E-state index contributed by atoms with van der Waals surface area (Å²) in [4.78, 5) is 0. The van der Waals surface area contributed by atoms with Crippen molar-refractivity contribution < 1.29 is 34.0 Å². The first-order valence-corrected chi connectivity index (χ1v) is 3.24. The maximum atomic E-state index is 2.16. The largest absolute Gasteiger partial charge is 2.00 e. The van der Waals surface area contributed by atoms with Crippen LogP contribution in [0.4, 0.5) is 0 Å². The molecule has 1 aromatic carbocycles. The Morgan fingerprint density at radius 1 is 0.833 bits per heavy atom. The van der Waals surface area contributed by atoms with E-state index in [9.17, 15) is 0 Å². The van der Waals surface area contributed by atoms with E-state index in [1.54, 1.807) is 0 Å². The Morgan fingerprint density at radius 2 is 1.17 bits per heavy atom. The summed E-state index contributed by atoms with van der Waals surface area (Å²) in [6, 6.07) is 6.38. The molecule has 0 spiro atoms. The fourth-order valence-electron chi connectivity index (χ4n) is 0.898. The number of benzene rings is 1. The van der Waals surface area contributed by atoms with E-state index < -0.39 is 0 Å². The molecule has 0 aromatic heterocycles. The maximum absolute atomic E-state index is 2.16. The summed E-state index contributed by atoms with van der Waals surface area (Å²) in [6.45, 7) is 6.44. The molecule has 0 nitrogen and oxygen atoms in total. The second-order valence-corrected chi connectivity index (χ2v) is 2.52. The van der Waals surface area contributed by atoms with Crippen LogP contribution in [0.3, 0.4) is 0 Å². The smallest absolute Gasteiger partial charge is 1.00 e. The van der Waals surface area contributed by atoms with Crippen LogP contribution in [-0.4, -0.2) is 23.1 Å². The van der Waals surface area contributed by atoms with Crippen LogP contribution in [0, 0.1) is 20.8 Å².